The normalized spacial score (nSPS) is 14.7. The highest BCUT2D eigenvalue weighted by atomic mass is 16.3. The van der Waals surface area contributed by atoms with Gasteiger partial charge in [-0.3, -0.25) is 4.79 Å². The number of carbonyl (C=O) groups is 1. The Bertz CT molecular complexity index is 173. The molecular weight excluding hydrogens is 168 g/mol. The summed E-state index contributed by atoms with van der Waals surface area (Å²) in [5.41, 5.74) is -0.753. The molecular formula is C10H20O3. The molecule has 0 amide bonds. The summed E-state index contributed by atoms with van der Waals surface area (Å²) < 4.78 is 0. The first-order chi connectivity index (χ1) is 5.84. The van der Waals surface area contributed by atoms with Crippen LogP contribution in [0.15, 0.2) is 0 Å². The van der Waals surface area contributed by atoms with Gasteiger partial charge in [0.05, 0.1) is 6.10 Å². The summed E-state index contributed by atoms with van der Waals surface area (Å²) >= 11 is 0. The highest BCUT2D eigenvalue weighted by Gasteiger charge is 2.36. The van der Waals surface area contributed by atoms with Gasteiger partial charge in [0.15, 0.2) is 0 Å². The van der Waals surface area contributed by atoms with E-state index in [0.717, 1.165) is 0 Å². The van der Waals surface area contributed by atoms with Gasteiger partial charge in [-0.25, -0.2) is 0 Å². The molecule has 0 aliphatic carbocycles. The maximum Gasteiger partial charge on any atom is 0.143 e. The first-order valence-corrected chi connectivity index (χ1v) is 4.67. The predicted molar refractivity (Wildman–Crippen MR) is 51.3 cm³/mol. The lowest BCUT2D eigenvalue weighted by Crippen LogP contribution is -2.40. The maximum atomic E-state index is 11.6. The Kier molecular flexibility index (Phi) is 4.57. The highest BCUT2D eigenvalue weighted by Crippen LogP contribution is 2.27. The molecule has 0 bridgehead atoms. The molecule has 0 aromatic heterocycles. The van der Waals surface area contributed by atoms with Crippen LogP contribution in [0.4, 0.5) is 0 Å². The van der Waals surface area contributed by atoms with Crippen molar-refractivity contribution in [2.75, 3.05) is 6.61 Å². The van der Waals surface area contributed by atoms with E-state index in [1.807, 2.05) is 13.8 Å². The lowest BCUT2D eigenvalue weighted by atomic mass is 9.77. The molecule has 0 heterocycles. The molecule has 3 heteroatoms. The zero-order chi connectivity index (χ0) is 10.6. The summed E-state index contributed by atoms with van der Waals surface area (Å²) in [7, 11) is 0. The Balaban J connectivity index is 4.45. The lowest BCUT2D eigenvalue weighted by Gasteiger charge is -2.30. The predicted octanol–water partition coefficient (Wildman–Crippen LogP) is 0.981. The van der Waals surface area contributed by atoms with E-state index in [1.54, 1.807) is 13.8 Å². The first-order valence-electron chi connectivity index (χ1n) is 4.67. The van der Waals surface area contributed by atoms with Gasteiger partial charge in [0.2, 0.25) is 0 Å². The summed E-state index contributed by atoms with van der Waals surface area (Å²) in [5, 5.41) is 18.3. The summed E-state index contributed by atoms with van der Waals surface area (Å²) in [6.07, 6.45) is -0.502. The SMILES string of the molecule is CC(C)C(=O)C(C)(C)C(O)CCO. The number of hydrogen-bond donors (Lipinski definition) is 2. The van der Waals surface area contributed by atoms with Gasteiger partial charge in [-0.05, 0) is 6.42 Å². The van der Waals surface area contributed by atoms with E-state index in [1.165, 1.54) is 0 Å². The molecule has 1 unspecified atom stereocenters. The van der Waals surface area contributed by atoms with Gasteiger partial charge in [0, 0.05) is 17.9 Å². The Labute approximate surface area is 79.8 Å². The fourth-order valence-corrected chi connectivity index (χ4v) is 1.39. The first kappa shape index (κ1) is 12.6. The van der Waals surface area contributed by atoms with Crippen molar-refractivity contribution in [3.8, 4) is 0 Å². The molecule has 3 nitrogen and oxygen atoms in total. The van der Waals surface area contributed by atoms with Crippen molar-refractivity contribution in [3.63, 3.8) is 0 Å². The molecule has 1 atom stereocenters. The zero-order valence-electron chi connectivity index (χ0n) is 8.87. The smallest absolute Gasteiger partial charge is 0.143 e. The van der Waals surface area contributed by atoms with Gasteiger partial charge in [0.1, 0.15) is 5.78 Å². The van der Waals surface area contributed by atoms with Crippen LogP contribution in [0.25, 0.3) is 0 Å². The third-order valence-electron chi connectivity index (χ3n) is 2.40. The minimum Gasteiger partial charge on any atom is -0.396 e. The van der Waals surface area contributed by atoms with Gasteiger partial charge in [0.25, 0.3) is 0 Å². The summed E-state index contributed by atoms with van der Waals surface area (Å²) in [4.78, 5) is 11.6. The Hall–Kier alpha value is -0.410. The van der Waals surface area contributed by atoms with Crippen LogP contribution in [-0.2, 0) is 4.79 Å². The maximum absolute atomic E-state index is 11.6. The molecule has 0 radical (unpaired) electrons. The van der Waals surface area contributed by atoms with E-state index in [0.29, 0.717) is 0 Å². The highest BCUT2D eigenvalue weighted by molar-refractivity contribution is 5.86. The van der Waals surface area contributed by atoms with Crippen LogP contribution < -0.4 is 0 Å². The van der Waals surface area contributed by atoms with E-state index >= 15 is 0 Å². The van der Waals surface area contributed by atoms with E-state index in [4.69, 9.17) is 5.11 Å². The fraction of sp³-hybridized carbons (Fsp3) is 0.900. The molecule has 0 aliphatic heterocycles. The molecule has 0 fully saturated rings. The molecule has 0 saturated heterocycles. The Morgan fingerprint density at radius 2 is 1.85 bits per heavy atom. The molecule has 0 rings (SSSR count). The van der Waals surface area contributed by atoms with E-state index in [9.17, 15) is 9.90 Å². The summed E-state index contributed by atoms with van der Waals surface area (Å²) in [5.74, 6) is -0.0446. The molecule has 78 valence electrons. The van der Waals surface area contributed by atoms with E-state index in [-0.39, 0.29) is 24.7 Å². The Morgan fingerprint density at radius 1 is 1.38 bits per heavy atom. The second-order valence-electron chi connectivity index (χ2n) is 4.27. The largest absolute Gasteiger partial charge is 0.396 e. The van der Waals surface area contributed by atoms with Crippen LogP contribution in [0.5, 0.6) is 0 Å². The standard InChI is InChI=1S/C10H20O3/c1-7(2)9(13)10(3,4)8(12)5-6-11/h7-8,11-12H,5-6H2,1-4H3. The van der Waals surface area contributed by atoms with Crippen LogP contribution in [0.3, 0.4) is 0 Å². The van der Waals surface area contributed by atoms with Crippen LogP contribution in [0.2, 0.25) is 0 Å². The number of Topliss-reactive ketones (excluding diaryl/α,β-unsaturated/α-hetero) is 1. The monoisotopic (exact) mass is 188 g/mol. The minimum absolute atomic E-state index is 0.0356. The zero-order valence-corrected chi connectivity index (χ0v) is 8.87. The number of ketones is 1. The van der Waals surface area contributed by atoms with Gasteiger partial charge < -0.3 is 10.2 Å². The third kappa shape index (κ3) is 3.08. The molecule has 2 N–H and O–H groups in total. The van der Waals surface area contributed by atoms with Crippen molar-refractivity contribution in [1.29, 1.82) is 0 Å². The number of aliphatic hydroxyl groups is 2. The van der Waals surface area contributed by atoms with Crippen molar-refractivity contribution in [1.82, 2.24) is 0 Å². The van der Waals surface area contributed by atoms with Crippen molar-refractivity contribution in [2.45, 2.75) is 40.2 Å². The van der Waals surface area contributed by atoms with Gasteiger partial charge in [-0.2, -0.15) is 0 Å². The molecule has 0 aliphatic rings. The lowest BCUT2D eigenvalue weighted by molar-refractivity contribution is -0.136. The van der Waals surface area contributed by atoms with Crippen molar-refractivity contribution in [2.24, 2.45) is 11.3 Å². The average Bonchev–Trinajstić information content (AvgIpc) is 2.03. The van der Waals surface area contributed by atoms with Crippen LogP contribution in [0, 0.1) is 11.3 Å². The molecule has 0 aromatic carbocycles. The topological polar surface area (TPSA) is 57.5 Å². The van der Waals surface area contributed by atoms with E-state index < -0.39 is 11.5 Å². The van der Waals surface area contributed by atoms with Crippen LogP contribution in [0.1, 0.15) is 34.1 Å². The number of carbonyl (C=O) groups excluding carboxylic acids is 1. The second-order valence-corrected chi connectivity index (χ2v) is 4.27. The van der Waals surface area contributed by atoms with Gasteiger partial charge >= 0.3 is 0 Å². The van der Waals surface area contributed by atoms with Crippen LogP contribution in [-0.4, -0.2) is 28.7 Å². The van der Waals surface area contributed by atoms with Gasteiger partial charge in [-0.1, -0.05) is 27.7 Å². The number of aliphatic hydroxyl groups excluding tert-OH is 2. The van der Waals surface area contributed by atoms with Crippen LogP contribution >= 0.6 is 0 Å². The van der Waals surface area contributed by atoms with Crippen molar-refractivity contribution >= 4 is 5.78 Å². The molecule has 0 saturated carbocycles. The van der Waals surface area contributed by atoms with Crippen molar-refractivity contribution in [3.05, 3.63) is 0 Å². The average molecular weight is 188 g/mol. The summed E-state index contributed by atoms with van der Waals surface area (Å²) in [6, 6.07) is 0. The van der Waals surface area contributed by atoms with Crippen molar-refractivity contribution < 1.29 is 15.0 Å². The summed E-state index contributed by atoms with van der Waals surface area (Å²) in [6.45, 7) is 6.98. The van der Waals surface area contributed by atoms with Gasteiger partial charge in [-0.15, -0.1) is 0 Å². The molecule has 0 aromatic rings. The van der Waals surface area contributed by atoms with E-state index in [2.05, 4.69) is 0 Å². The molecule has 0 spiro atoms. The third-order valence-corrected chi connectivity index (χ3v) is 2.40. The second kappa shape index (κ2) is 4.72. The quantitative estimate of drug-likeness (QED) is 0.676. The number of rotatable bonds is 5. The number of hydrogen-bond acceptors (Lipinski definition) is 3. The minimum atomic E-state index is -0.757. The fourth-order valence-electron chi connectivity index (χ4n) is 1.39. The molecule has 13 heavy (non-hydrogen) atoms. The Morgan fingerprint density at radius 3 is 2.15 bits per heavy atom.